The molecule has 0 fully saturated rings. The number of thiol groups is 2. The van der Waals surface area contributed by atoms with Crippen LogP contribution in [0.3, 0.4) is 0 Å². The molecule has 0 aromatic heterocycles. The molecule has 0 amide bonds. The van der Waals surface area contributed by atoms with Gasteiger partial charge in [0.25, 0.3) is 0 Å². The molecular formula is C33H34S2. The number of hydrogen-bond acceptors (Lipinski definition) is 2. The van der Waals surface area contributed by atoms with Crippen LogP contribution in [-0.4, -0.2) is 0 Å². The molecule has 178 valence electrons. The third-order valence-corrected chi connectivity index (χ3v) is 8.45. The zero-order valence-electron chi connectivity index (χ0n) is 20.7. The summed E-state index contributed by atoms with van der Waals surface area (Å²) >= 11 is 9.69. The minimum Gasteiger partial charge on any atom is -0.143 e. The number of fused-ring (bicyclic) bond motifs is 3. The lowest BCUT2D eigenvalue weighted by atomic mass is 9.67. The highest BCUT2D eigenvalue weighted by Gasteiger charge is 2.46. The fraction of sp³-hybridized carbons (Fsp3) is 0.273. The molecular weight excluding hydrogens is 460 g/mol. The number of benzene rings is 4. The fourth-order valence-corrected chi connectivity index (χ4v) is 6.30. The lowest BCUT2D eigenvalue weighted by molar-refractivity contribution is 0.741. The van der Waals surface area contributed by atoms with Crippen molar-refractivity contribution in [3.63, 3.8) is 0 Å². The van der Waals surface area contributed by atoms with Gasteiger partial charge in [0, 0.05) is 9.79 Å². The average molecular weight is 495 g/mol. The van der Waals surface area contributed by atoms with Crippen LogP contribution in [0.4, 0.5) is 0 Å². The summed E-state index contributed by atoms with van der Waals surface area (Å²) in [6, 6.07) is 31.8. The molecule has 0 saturated heterocycles. The molecule has 0 nitrogen and oxygen atoms in total. The van der Waals surface area contributed by atoms with Gasteiger partial charge in [-0.05, 0) is 82.3 Å². The Labute approximate surface area is 221 Å². The Morgan fingerprint density at radius 2 is 1.00 bits per heavy atom. The summed E-state index contributed by atoms with van der Waals surface area (Å²) in [7, 11) is 0. The highest BCUT2D eigenvalue weighted by Crippen LogP contribution is 2.56. The first-order valence-electron chi connectivity index (χ1n) is 12.9. The maximum atomic E-state index is 4.84. The number of rotatable bonds is 8. The van der Waals surface area contributed by atoms with Crippen LogP contribution in [0, 0.1) is 0 Å². The Balaban J connectivity index is 1.84. The first-order chi connectivity index (χ1) is 17.1. The minimum atomic E-state index is -0.363. The number of aryl methyl sites for hydroxylation is 2. The smallest absolute Gasteiger partial charge is 0.0713 e. The summed E-state index contributed by atoms with van der Waals surface area (Å²) in [6.07, 6.45) is 6.82. The van der Waals surface area contributed by atoms with E-state index in [0.29, 0.717) is 0 Å². The van der Waals surface area contributed by atoms with E-state index in [4.69, 9.17) is 25.3 Å². The molecule has 2 heteroatoms. The van der Waals surface area contributed by atoms with E-state index in [-0.39, 0.29) is 5.41 Å². The third-order valence-electron chi connectivity index (χ3n) is 7.58. The molecule has 35 heavy (non-hydrogen) atoms. The van der Waals surface area contributed by atoms with Crippen molar-refractivity contribution in [2.75, 3.05) is 0 Å². The van der Waals surface area contributed by atoms with Gasteiger partial charge in [-0.15, -0.1) is 25.3 Å². The van der Waals surface area contributed by atoms with E-state index in [2.05, 4.69) is 98.8 Å². The van der Waals surface area contributed by atoms with Crippen molar-refractivity contribution in [3.05, 3.63) is 118 Å². The normalized spacial score (nSPS) is 13.5. The van der Waals surface area contributed by atoms with Crippen molar-refractivity contribution >= 4 is 25.3 Å². The highest BCUT2D eigenvalue weighted by molar-refractivity contribution is 7.80. The van der Waals surface area contributed by atoms with Crippen LogP contribution in [0.2, 0.25) is 0 Å². The topological polar surface area (TPSA) is 0 Å². The first kappa shape index (κ1) is 24.3. The Kier molecular flexibility index (Phi) is 7.14. The second kappa shape index (κ2) is 10.3. The molecule has 0 bridgehead atoms. The van der Waals surface area contributed by atoms with E-state index in [1.807, 2.05) is 0 Å². The fourth-order valence-electron chi connectivity index (χ4n) is 5.80. The number of hydrogen-bond donors (Lipinski definition) is 2. The van der Waals surface area contributed by atoms with Gasteiger partial charge in [-0.2, -0.15) is 0 Å². The lowest BCUT2D eigenvalue weighted by Gasteiger charge is -2.35. The molecule has 0 heterocycles. The quantitative estimate of drug-likeness (QED) is 0.197. The largest absolute Gasteiger partial charge is 0.143 e. The zero-order valence-corrected chi connectivity index (χ0v) is 22.5. The van der Waals surface area contributed by atoms with E-state index in [1.165, 1.54) is 70.2 Å². The molecule has 0 saturated carbocycles. The molecule has 1 aliphatic rings. The predicted octanol–water partition coefficient (Wildman–Crippen LogP) is 9.31. The van der Waals surface area contributed by atoms with Gasteiger partial charge in [0.1, 0.15) is 0 Å². The molecule has 0 atom stereocenters. The van der Waals surface area contributed by atoms with Crippen molar-refractivity contribution in [2.45, 2.75) is 67.6 Å². The van der Waals surface area contributed by atoms with Gasteiger partial charge in [-0.1, -0.05) is 99.5 Å². The third kappa shape index (κ3) is 4.15. The van der Waals surface area contributed by atoms with E-state index < -0.39 is 0 Å². The second-order valence-electron chi connectivity index (χ2n) is 9.74. The Hall–Kier alpha value is -2.42. The van der Waals surface area contributed by atoms with Gasteiger partial charge in [-0.25, -0.2) is 0 Å². The van der Waals surface area contributed by atoms with Crippen molar-refractivity contribution < 1.29 is 0 Å². The van der Waals surface area contributed by atoms with Gasteiger partial charge in [0.05, 0.1) is 5.41 Å². The van der Waals surface area contributed by atoms with E-state index in [0.717, 1.165) is 22.6 Å². The van der Waals surface area contributed by atoms with Gasteiger partial charge in [0.15, 0.2) is 0 Å². The molecule has 5 rings (SSSR count). The first-order valence-corrected chi connectivity index (χ1v) is 13.8. The lowest BCUT2D eigenvalue weighted by Crippen LogP contribution is -2.29. The standard InChI is InChI=1S/C33H34S2/c1-3-5-11-23-21-25(17-19-31(23)34)33(26-18-20-32(35)24(22-26)12-6-4-2)29-15-9-7-13-27(29)28-14-8-10-16-30(28)33/h7-10,13-22,34-35H,3-6,11-12H2,1-2H3. The summed E-state index contributed by atoms with van der Waals surface area (Å²) in [5.74, 6) is 0. The molecule has 0 spiro atoms. The van der Waals surface area contributed by atoms with Gasteiger partial charge >= 0.3 is 0 Å². The Bertz CT molecular complexity index is 1250. The predicted molar refractivity (Wildman–Crippen MR) is 155 cm³/mol. The summed E-state index contributed by atoms with van der Waals surface area (Å²) < 4.78 is 0. The summed E-state index contributed by atoms with van der Waals surface area (Å²) in [5.41, 5.74) is 10.4. The van der Waals surface area contributed by atoms with E-state index in [9.17, 15) is 0 Å². The van der Waals surface area contributed by atoms with Crippen molar-refractivity contribution in [1.29, 1.82) is 0 Å². The van der Waals surface area contributed by atoms with Crippen molar-refractivity contribution in [2.24, 2.45) is 0 Å². The highest BCUT2D eigenvalue weighted by atomic mass is 32.1. The summed E-state index contributed by atoms with van der Waals surface area (Å²) in [5, 5.41) is 0. The molecule has 0 radical (unpaired) electrons. The van der Waals surface area contributed by atoms with Gasteiger partial charge in [-0.3, -0.25) is 0 Å². The minimum absolute atomic E-state index is 0.363. The van der Waals surface area contributed by atoms with Crippen LogP contribution in [0.1, 0.15) is 72.9 Å². The Morgan fingerprint density at radius 1 is 0.571 bits per heavy atom. The van der Waals surface area contributed by atoms with Gasteiger partial charge < -0.3 is 0 Å². The van der Waals surface area contributed by atoms with Crippen molar-refractivity contribution in [3.8, 4) is 11.1 Å². The van der Waals surface area contributed by atoms with Crippen LogP contribution >= 0.6 is 25.3 Å². The molecule has 1 aliphatic carbocycles. The van der Waals surface area contributed by atoms with Crippen LogP contribution in [-0.2, 0) is 18.3 Å². The molecule has 4 aromatic rings. The summed E-state index contributed by atoms with van der Waals surface area (Å²) in [4.78, 5) is 2.18. The van der Waals surface area contributed by atoms with E-state index in [1.54, 1.807) is 0 Å². The maximum absolute atomic E-state index is 4.84. The second-order valence-corrected chi connectivity index (χ2v) is 10.7. The zero-order chi connectivity index (χ0) is 24.4. The maximum Gasteiger partial charge on any atom is 0.0713 e. The average Bonchev–Trinajstić information content (AvgIpc) is 3.19. The SMILES string of the molecule is CCCCc1cc(C2(c3ccc(S)c(CCCC)c3)c3ccccc3-c3ccccc32)ccc1S. The summed E-state index contributed by atoms with van der Waals surface area (Å²) in [6.45, 7) is 4.51. The van der Waals surface area contributed by atoms with Crippen LogP contribution in [0.25, 0.3) is 11.1 Å². The van der Waals surface area contributed by atoms with E-state index >= 15 is 0 Å². The van der Waals surface area contributed by atoms with Crippen LogP contribution < -0.4 is 0 Å². The number of unbranched alkanes of at least 4 members (excludes halogenated alkanes) is 2. The molecule has 0 N–H and O–H groups in total. The Morgan fingerprint density at radius 3 is 1.43 bits per heavy atom. The monoisotopic (exact) mass is 494 g/mol. The van der Waals surface area contributed by atoms with Crippen molar-refractivity contribution in [1.82, 2.24) is 0 Å². The van der Waals surface area contributed by atoms with Gasteiger partial charge in [0.2, 0.25) is 0 Å². The molecule has 0 aliphatic heterocycles. The molecule has 4 aromatic carbocycles. The molecule has 0 unspecified atom stereocenters. The van der Waals surface area contributed by atoms with Crippen LogP contribution in [0.5, 0.6) is 0 Å². The van der Waals surface area contributed by atoms with Crippen LogP contribution in [0.15, 0.2) is 94.7 Å².